The second kappa shape index (κ2) is 17.0. The van der Waals surface area contributed by atoms with Crippen molar-refractivity contribution in [2.24, 2.45) is 0 Å². The molecule has 0 radical (unpaired) electrons. The number of nitrogens with zero attached hydrogens (tertiary/aromatic N) is 4. The second-order valence-corrected chi connectivity index (χ2v) is 20.6. The maximum absolute atomic E-state index is 14.7. The molecule has 0 aliphatic carbocycles. The van der Waals surface area contributed by atoms with Crippen molar-refractivity contribution in [3.8, 4) is 51.0 Å². The summed E-state index contributed by atoms with van der Waals surface area (Å²) in [4.78, 5) is 15.3. The summed E-state index contributed by atoms with van der Waals surface area (Å²) in [5.41, 5.74) is 6.17. The standard InChI is InChI=1S/C59H41F3N4Si/c1-40-30-33-50-51-35-32-45(59(60,61)62)39-55(51)66(53(50)36-40)54-38-44(31-34-52(54)58-64-56(41-18-7-2-8-19-41)63-57(65-58)42-20-9-3-10-21-42)43-22-17-29-49(37-43)67(46-23-11-4-12-24-46,47-25-13-5-14-26-47)48-27-15-6-16-28-48/h2-39H,1H3. The van der Waals surface area contributed by atoms with Crippen LogP contribution in [-0.2, 0) is 6.18 Å². The lowest BCUT2D eigenvalue weighted by atomic mass is 10.0. The monoisotopic (exact) mass is 890 g/mol. The molecule has 2 aromatic heterocycles. The molecule has 0 aliphatic heterocycles. The van der Waals surface area contributed by atoms with Crippen LogP contribution in [0.3, 0.4) is 0 Å². The number of fused-ring (bicyclic) bond motifs is 3. The maximum atomic E-state index is 14.7. The van der Waals surface area contributed by atoms with Gasteiger partial charge in [0, 0.05) is 27.5 Å². The smallest absolute Gasteiger partial charge is 0.308 e. The van der Waals surface area contributed by atoms with Crippen LogP contribution in [0.5, 0.6) is 0 Å². The average Bonchev–Trinajstić information content (AvgIpc) is 3.70. The van der Waals surface area contributed by atoms with Crippen LogP contribution in [0.1, 0.15) is 11.1 Å². The van der Waals surface area contributed by atoms with Crippen LogP contribution >= 0.6 is 0 Å². The summed E-state index contributed by atoms with van der Waals surface area (Å²) in [6, 6.07) is 76.8. The number of aryl methyl sites for hydroxylation is 1. The highest BCUT2D eigenvalue weighted by atomic mass is 28.3. The first-order chi connectivity index (χ1) is 32.8. The molecule has 0 fully saturated rings. The molecule has 0 aliphatic rings. The topological polar surface area (TPSA) is 43.6 Å². The van der Waals surface area contributed by atoms with Gasteiger partial charge in [-0.2, -0.15) is 13.2 Å². The summed E-state index contributed by atoms with van der Waals surface area (Å²) < 4.78 is 46.0. The van der Waals surface area contributed by atoms with Gasteiger partial charge in [0.25, 0.3) is 0 Å². The van der Waals surface area contributed by atoms with Gasteiger partial charge in [0.2, 0.25) is 0 Å². The van der Waals surface area contributed by atoms with Gasteiger partial charge in [-0.1, -0.05) is 200 Å². The third kappa shape index (κ3) is 7.51. The summed E-state index contributed by atoms with van der Waals surface area (Å²) in [6.07, 6.45) is -4.56. The van der Waals surface area contributed by atoms with E-state index in [1.54, 1.807) is 6.07 Å². The number of hydrogen-bond acceptors (Lipinski definition) is 3. The normalized spacial score (nSPS) is 11.9. The van der Waals surface area contributed by atoms with Crippen LogP contribution in [0.15, 0.2) is 231 Å². The highest BCUT2D eigenvalue weighted by molar-refractivity contribution is 7.19. The molecule has 0 N–H and O–H groups in total. The summed E-state index contributed by atoms with van der Waals surface area (Å²) in [7, 11) is -2.91. The van der Waals surface area contributed by atoms with Gasteiger partial charge in [0.15, 0.2) is 25.5 Å². The fourth-order valence-corrected chi connectivity index (χ4v) is 14.4. The van der Waals surface area contributed by atoms with Gasteiger partial charge in [0.05, 0.1) is 22.3 Å². The molecule has 4 nitrogen and oxygen atoms in total. The predicted octanol–water partition coefficient (Wildman–Crippen LogP) is 12.3. The van der Waals surface area contributed by atoms with E-state index < -0.39 is 19.8 Å². The van der Waals surface area contributed by atoms with Crippen molar-refractivity contribution < 1.29 is 13.2 Å². The van der Waals surface area contributed by atoms with E-state index in [1.165, 1.54) is 32.9 Å². The molecule has 0 amide bonds. The Morgan fingerprint density at radius 2 is 0.836 bits per heavy atom. The van der Waals surface area contributed by atoms with Crippen molar-refractivity contribution in [2.75, 3.05) is 0 Å². The molecule has 8 heteroatoms. The van der Waals surface area contributed by atoms with Crippen molar-refractivity contribution in [1.82, 2.24) is 19.5 Å². The number of hydrogen-bond donors (Lipinski definition) is 0. The zero-order valence-corrected chi connectivity index (χ0v) is 37.4. The van der Waals surface area contributed by atoms with Crippen molar-refractivity contribution in [1.29, 1.82) is 0 Å². The molecule has 322 valence electrons. The van der Waals surface area contributed by atoms with E-state index in [2.05, 4.69) is 127 Å². The third-order valence-corrected chi connectivity index (χ3v) is 17.5. The van der Waals surface area contributed by atoms with E-state index in [-0.39, 0.29) is 0 Å². The third-order valence-electron chi connectivity index (χ3n) is 12.7. The van der Waals surface area contributed by atoms with Crippen LogP contribution in [0.2, 0.25) is 0 Å². The first kappa shape index (κ1) is 41.5. The van der Waals surface area contributed by atoms with Crippen LogP contribution in [-0.4, -0.2) is 27.6 Å². The molecular weight excluding hydrogens is 850 g/mol. The number of aromatic nitrogens is 4. The van der Waals surface area contributed by atoms with E-state index in [9.17, 15) is 13.2 Å². The summed E-state index contributed by atoms with van der Waals surface area (Å²) in [5, 5.41) is 6.48. The Labute approximate surface area is 387 Å². The molecule has 0 bridgehead atoms. The Morgan fingerprint density at radius 3 is 1.37 bits per heavy atom. The number of benzene rings is 9. The van der Waals surface area contributed by atoms with Crippen molar-refractivity contribution in [3.05, 3.63) is 242 Å². The first-order valence-electron chi connectivity index (χ1n) is 22.2. The molecule has 2 heterocycles. The highest BCUT2D eigenvalue weighted by Crippen LogP contribution is 2.41. The number of rotatable bonds is 9. The predicted molar refractivity (Wildman–Crippen MR) is 269 cm³/mol. The molecule has 0 spiro atoms. The van der Waals surface area contributed by atoms with E-state index >= 15 is 0 Å². The Hall–Kier alpha value is -8.20. The fourth-order valence-electron chi connectivity index (χ4n) is 9.58. The molecule has 11 aromatic rings. The van der Waals surface area contributed by atoms with Gasteiger partial charge in [-0.05, 0) is 74.7 Å². The largest absolute Gasteiger partial charge is 0.416 e. The van der Waals surface area contributed by atoms with Crippen LogP contribution < -0.4 is 20.7 Å². The molecule has 0 unspecified atom stereocenters. The van der Waals surface area contributed by atoms with E-state index in [0.717, 1.165) is 38.7 Å². The van der Waals surface area contributed by atoms with Gasteiger partial charge < -0.3 is 4.57 Å². The van der Waals surface area contributed by atoms with Crippen LogP contribution in [0, 0.1) is 6.92 Å². The number of halogens is 3. The minimum absolute atomic E-state index is 0.390. The lowest BCUT2D eigenvalue weighted by Crippen LogP contribution is -2.74. The SMILES string of the molecule is Cc1ccc2c3ccc(C(F)(F)F)cc3n(-c3cc(-c4cccc([Si](c5ccccc5)(c5ccccc5)c5ccccc5)c4)ccc3-c3nc(-c4ccccc4)nc(-c4ccccc4)n3)c2c1. The lowest BCUT2D eigenvalue weighted by Gasteiger charge is -2.34. The Morgan fingerprint density at radius 1 is 0.388 bits per heavy atom. The Bertz CT molecular complexity index is 3410. The summed E-state index contributed by atoms with van der Waals surface area (Å²) in [5.74, 6) is 1.35. The zero-order chi connectivity index (χ0) is 45.5. The first-order valence-corrected chi connectivity index (χ1v) is 24.2. The van der Waals surface area contributed by atoms with Crippen molar-refractivity contribution in [2.45, 2.75) is 13.1 Å². The summed E-state index contributed by atoms with van der Waals surface area (Å²) in [6.45, 7) is 2.00. The lowest BCUT2D eigenvalue weighted by molar-refractivity contribution is -0.137. The minimum Gasteiger partial charge on any atom is -0.308 e. The fraction of sp³-hybridized carbons (Fsp3) is 0.0339. The van der Waals surface area contributed by atoms with E-state index in [4.69, 9.17) is 15.0 Å². The molecule has 67 heavy (non-hydrogen) atoms. The van der Waals surface area contributed by atoms with Crippen LogP contribution in [0.25, 0.3) is 72.8 Å². The molecule has 0 saturated carbocycles. The maximum Gasteiger partial charge on any atom is 0.416 e. The molecular formula is C59H41F3N4Si. The quantitative estimate of drug-likeness (QED) is 0.107. The zero-order valence-electron chi connectivity index (χ0n) is 36.4. The van der Waals surface area contributed by atoms with Gasteiger partial charge in [-0.3, -0.25) is 0 Å². The summed E-state index contributed by atoms with van der Waals surface area (Å²) >= 11 is 0. The van der Waals surface area contributed by atoms with E-state index in [0.29, 0.717) is 39.6 Å². The van der Waals surface area contributed by atoms with Gasteiger partial charge in [-0.15, -0.1) is 0 Å². The van der Waals surface area contributed by atoms with Gasteiger partial charge in [0.1, 0.15) is 0 Å². The Balaban J connectivity index is 1.21. The number of alkyl halides is 3. The highest BCUT2D eigenvalue weighted by Gasteiger charge is 2.41. The minimum atomic E-state index is -4.56. The van der Waals surface area contributed by atoms with Crippen molar-refractivity contribution >= 4 is 50.6 Å². The second-order valence-electron chi connectivity index (χ2n) is 16.8. The molecule has 9 aromatic carbocycles. The Kier molecular flexibility index (Phi) is 10.5. The molecule has 0 atom stereocenters. The molecule has 11 rings (SSSR count). The van der Waals surface area contributed by atoms with Crippen molar-refractivity contribution in [3.63, 3.8) is 0 Å². The molecule has 0 saturated heterocycles. The van der Waals surface area contributed by atoms with Gasteiger partial charge in [-0.25, -0.2) is 15.0 Å². The van der Waals surface area contributed by atoms with Gasteiger partial charge >= 0.3 is 6.18 Å². The van der Waals surface area contributed by atoms with Crippen LogP contribution in [0.4, 0.5) is 13.2 Å². The average molecular weight is 891 g/mol. The van der Waals surface area contributed by atoms with E-state index in [1.807, 2.05) is 96.4 Å².